The van der Waals surface area contributed by atoms with Crippen LogP contribution in [0.15, 0.2) is 48.5 Å². The third-order valence-electron chi connectivity index (χ3n) is 8.41. The van der Waals surface area contributed by atoms with Crippen LogP contribution in [0.4, 0.5) is 0 Å². The highest BCUT2D eigenvalue weighted by Crippen LogP contribution is 2.46. The number of ether oxygens (including phenoxy) is 4. The van der Waals surface area contributed by atoms with E-state index in [-0.39, 0.29) is 11.7 Å². The van der Waals surface area contributed by atoms with Gasteiger partial charge in [-0.15, -0.1) is 0 Å². The summed E-state index contributed by atoms with van der Waals surface area (Å²) in [6.45, 7) is 7.07. The van der Waals surface area contributed by atoms with Crippen molar-refractivity contribution in [2.24, 2.45) is 0 Å². The Morgan fingerprint density at radius 1 is 0.889 bits per heavy atom. The number of aromatic amines is 1. The minimum Gasteiger partial charge on any atom is -0.507 e. The molecule has 1 amide bonds. The molecule has 238 valence electrons. The van der Waals surface area contributed by atoms with Gasteiger partial charge in [0.2, 0.25) is 0 Å². The van der Waals surface area contributed by atoms with Crippen molar-refractivity contribution in [2.45, 2.75) is 58.9 Å². The van der Waals surface area contributed by atoms with E-state index in [9.17, 15) is 9.90 Å². The first-order valence-corrected chi connectivity index (χ1v) is 15.5. The number of hydrogen-bond acceptors (Lipinski definition) is 7. The molecule has 9 nitrogen and oxygen atoms in total. The predicted octanol–water partition coefficient (Wildman–Crippen LogP) is 7.17. The molecule has 1 aromatic heterocycles. The van der Waals surface area contributed by atoms with E-state index in [1.807, 2.05) is 67.3 Å². The van der Waals surface area contributed by atoms with Gasteiger partial charge in [-0.25, -0.2) is 0 Å². The minimum atomic E-state index is -0.478. The second-order valence-electron chi connectivity index (χ2n) is 11.5. The van der Waals surface area contributed by atoms with Gasteiger partial charge in [0, 0.05) is 17.7 Å². The van der Waals surface area contributed by atoms with Crippen LogP contribution in [0.2, 0.25) is 0 Å². The number of phenols is 1. The predicted molar refractivity (Wildman–Crippen MR) is 174 cm³/mol. The summed E-state index contributed by atoms with van der Waals surface area (Å²) >= 11 is 0. The van der Waals surface area contributed by atoms with Crippen LogP contribution in [0.25, 0.3) is 11.3 Å². The van der Waals surface area contributed by atoms with Crippen molar-refractivity contribution in [3.05, 3.63) is 82.0 Å². The van der Waals surface area contributed by atoms with Crippen LogP contribution in [-0.2, 0) is 6.42 Å². The van der Waals surface area contributed by atoms with Crippen molar-refractivity contribution in [1.82, 2.24) is 15.1 Å². The maximum atomic E-state index is 14.0. The second kappa shape index (κ2) is 14.0. The second-order valence-corrected chi connectivity index (χ2v) is 11.5. The number of aromatic nitrogens is 2. The summed E-state index contributed by atoms with van der Waals surface area (Å²) in [6, 6.07) is 15.0. The number of hydrogen-bond donors (Lipinski definition) is 2. The normalized spacial score (nSPS) is 14.0. The monoisotopic (exact) mass is 613 g/mol. The van der Waals surface area contributed by atoms with Gasteiger partial charge in [-0.05, 0) is 79.3 Å². The Morgan fingerprint density at radius 3 is 2.36 bits per heavy atom. The fourth-order valence-corrected chi connectivity index (χ4v) is 6.09. The number of H-pyrrole nitrogens is 1. The lowest BCUT2D eigenvalue weighted by molar-refractivity contribution is 0.0745. The number of aromatic hydroxyl groups is 1. The Bertz CT molecular complexity index is 1660. The van der Waals surface area contributed by atoms with E-state index in [2.05, 4.69) is 17.1 Å². The molecule has 1 unspecified atom stereocenters. The van der Waals surface area contributed by atoms with Gasteiger partial charge in [0.05, 0.1) is 34.0 Å². The molecular formula is C36H43N3O6. The van der Waals surface area contributed by atoms with Gasteiger partial charge in [-0.3, -0.25) is 9.89 Å². The molecule has 1 aliphatic heterocycles. The van der Waals surface area contributed by atoms with E-state index in [4.69, 9.17) is 18.9 Å². The molecule has 2 heterocycles. The summed E-state index contributed by atoms with van der Waals surface area (Å²) in [7, 11) is 4.84. The molecule has 9 heteroatoms. The molecule has 4 aromatic rings. The number of carbonyl (C=O) groups excluding carboxylic acids is 1. The molecule has 0 fully saturated rings. The first-order valence-electron chi connectivity index (χ1n) is 15.5. The SMILES string of the molecule is CCCCCCOc1ccc(C2c3c(-c4cc(C)cc(C)c4O)n[nH]c3C(=O)N2CCc2ccc(OC)c(OC)c2)cc1OC. The molecule has 2 N–H and O–H groups in total. The lowest BCUT2D eigenvalue weighted by atomic mass is 9.93. The Balaban J connectivity index is 1.54. The molecule has 3 aromatic carbocycles. The van der Waals surface area contributed by atoms with Crippen LogP contribution in [-0.4, -0.2) is 60.6 Å². The minimum absolute atomic E-state index is 0.147. The maximum absolute atomic E-state index is 14.0. The summed E-state index contributed by atoms with van der Waals surface area (Å²) in [5.41, 5.74) is 5.87. The number of carbonyl (C=O) groups is 1. The molecule has 0 radical (unpaired) electrons. The fourth-order valence-electron chi connectivity index (χ4n) is 6.09. The molecule has 0 spiro atoms. The first-order chi connectivity index (χ1) is 21.8. The topological polar surface area (TPSA) is 106 Å². The van der Waals surface area contributed by atoms with Gasteiger partial charge in [0.1, 0.15) is 17.1 Å². The van der Waals surface area contributed by atoms with Gasteiger partial charge in [0.25, 0.3) is 5.91 Å². The Hall–Kier alpha value is -4.66. The summed E-state index contributed by atoms with van der Waals surface area (Å²) < 4.78 is 22.8. The van der Waals surface area contributed by atoms with Crippen LogP contribution in [0, 0.1) is 13.8 Å². The number of methoxy groups -OCH3 is 3. The van der Waals surface area contributed by atoms with Gasteiger partial charge in [-0.1, -0.05) is 44.4 Å². The van der Waals surface area contributed by atoms with Crippen molar-refractivity contribution in [1.29, 1.82) is 0 Å². The number of phenolic OH excluding ortho intramolecular Hbond substituents is 1. The van der Waals surface area contributed by atoms with E-state index in [1.54, 1.807) is 21.3 Å². The molecule has 0 bridgehead atoms. The summed E-state index contributed by atoms with van der Waals surface area (Å²) in [5.74, 6) is 2.54. The fraction of sp³-hybridized carbons (Fsp3) is 0.389. The summed E-state index contributed by atoms with van der Waals surface area (Å²) in [5, 5.41) is 18.7. The molecular weight excluding hydrogens is 570 g/mol. The average Bonchev–Trinajstić information content (AvgIpc) is 3.59. The van der Waals surface area contributed by atoms with Crippen LogP contribution < -0.4 is 18.9 Å². The van der Waals surface area contributed by atoms with Crippen molar-refractivity contribution < 1.29 is 28.8 Å². The smallest absolute Gasteiger partial charge is 0.273 e. The number of rotatable bonds is 14. The van der Waals surface area contributed by atoms with E-state index < -0.39 is 6.04 Å². The molecule has 1 atom stereocenters. The Kier molecular flexibility index (Phi) is 9.86. The van der Waals surface area contributed by atoms with Gasteiger partial charge in [-0.2, -0.15) is 5.10 Å². The number of fused-ring (bicyclic) bond motifs is 1. The van der Waals surface area contributed by atoms with E-state index >= 15 is 0 Å². The largest absolute Gasteiger partial charge is 0.507 e. The van der Waals surface area contributed by atoms with Crippen LogP contribution in [0.1, 0.15) is 77.0 Å². The first kappa shape index (κ1) is 31.8. The number of unbranched alkanes of at least 4 members (excludes halogenated alkanes) is 3. The van der Waals surface area contributed by atoms with E-state index in [0.717, 1.165) is 40.7 Å². The molecule has 45 heavy (non-hydrogen) atoms. The van der Waals surface area contributed by atoms with E-state index in [1.165, 1.54) is 12.8 Å². The highest BCUT2D eigenvalue weighted by atomic mass is 16.5. The zero-order chi connectivity index (χ0) is 32.1. The molecule has 0 aliphatic carbocycles. The quantitative estimate of drug-likeness (QED) is 0.145. The lowest BCUT2D eigenvalue weighted by Crippen LogP contribution is -2.31. The lowest BCUT2D eigenvalue weighted by Gasteiger charge is -2.27. The zero-order valence-corrected chi connectivity index (χ0v) is 27.0. The van der Waals surface area contributed by atoms with Crippen LogP contribution in [0.3, 0.4) is 0 Å². The summed E-state index contributed by atoms with van der Waals surface area (Å²) in [6.07, 6.45) is 5.02. The summed E-state index contributed by atoms with van der Waals surface area (Å²) in [4.78, 5) is 15.9. The van der Waals surface area contributed by atoms with E-state index in [0.29, 0.717) is 59.5 Å². The molecule has 0 saturated heterocycles. The van der Waals surface area contributed by atoms with Crippen molar-refractivity contribution in [2.75, 3.05) is 34.5 Å². The number of benzene rings is 3. The average molecular weight is 614 g/mol. The molecule has 1 aliphatic rings. The highest BCUT2D eigenvalue weighted by molar-refractivity contribution is 6.00. The number of nitrogens with one attached hydrogen (secondary N) is 1. The molecule has 5 rings (SSSR count). The Morgan fingerprint density at radius 2 is 1.62 bits per heavy atom. The van der Waals surface area contributed by atoms with Gasteiger partial charge in [0.15, 0.2) is 23.0 Å². The van der Waals surface area contributed by atoms with Gasteiger partial charge < -0.3 is 29.0 Å². The maximum Gasteiger partial charge on any atom is 0.273 e. The Labute approximate surface area is 265 Å². The standard InChI is InChI=1S/C36H43N3O6/c1-7-8-9-10-17-45-28-14-12-25(21-30(28)44-6)34-31-32(26-19-22(2)18-23(3)35(26)40)37-38-33(31)36(41)39(34)16-15-24-11-13-27(42-4)29(20-24)43-5/h11-14,18-21,34,40H,7-10,15-17H2,1-6H3,(H,37,38). The third kappa shape index (κ3) is 6.43. The number of nitrogens with zero attached hydrogens (tertiary/aromatic N) is 2. The highest BCUT2D eigenvalue weighted by Gasteiger charge is 2.42. The van der Waals surface area contributed by atoms with Gasteiger partial charge >= 0.3 is 0 Å². The zero-order valence-electron chi connectivity index (χ0n) is 27.0. The number of amides is 1. The van der Waals surface area contributed by atoms with Crippen LogP contribution >= 0.6 is 0 Å². The number of aryl methyl sites for hydroxylation is 2. The van der Waals surface area contributed by atoms with Crippen molar-refractivity contribution in [3.8, 4) is 40.0 Å². The van der Waals surface area contributed by atoms with Crippen molar-refractivity contribution in [3.63, 3.8) is 0 Å². The molecule has 0 saturated carbocycles. The van der Waals surface area contributed by atoms with Crippen LogP contribution in [0.5, 0.6) is 28.7 Å². The third-order valence-corrected chi connectivity index (χ3v) is 8.41. The van der Waals surface area contributed by atoms with Crippen molar-refractivity contribution >= 4 is 5.91 Å².